The van der Waals surface area contributed by atoms with Gasteiger partial charge in [0.1, 0.15) is 0 Å². The summed E-state index contributed by atoms with van der Waals surface area (Å²) in [7, 11) is 0. The molecule has 1 fully saturated rings. The summed E-state index contributed by atoms with van der Waals surface area (Å²) in [6.07, 6.45) is 3.49. The lowest BCUT2D eigenvalue weighted by Crippen LogP contribution is -2.17. The number of nitrogens with zero attached hydrogens (tertiary/aromatic N) is 1. The molecule has 1 heterocycles. The zero-order valence-corrected chi connectivity index (χ0v) is 12.1. The van der Waals surface area contributed by atoms with Crippen molar-refractivity contribution >= 4 is 17.4 Å². The molecule has 1 atom stereocenters. The Balaban J connectivity index is 1.96. The lowest BCUT2D eigenvalue weighted by Gasteiger charge is -2.12. The van der Waals surface area contributed by atoms with Gasteiger partial charge >= 0.3 is 0 Å². The number of aryl methyl sites for hydroxylation is 1. The summed E-state index contributed by atoms with van der Waals surface area (Å²) in [4.78, 5) is 12.0. The average Bonchev–Trinajstić information content (AvgIpc) is 3.00. The lowest BCUT2D eigenvalue weighted by atomic mass is 10.1. The molecule has 1 aromatic rings. The van der Waals surface area contributed by atoms with Crippen LogP contribution in [0.3, 0.4) is 0 Å². The molecule has 0 aromatic heterocycles. The van der Waals surface area contributed by atoms with Crippen molar-refractivity contribution < 1.29 is 14.7 Å². The second kappa shape index (κ2) is 7.08. The van der Waals surface area contributed by atoms with E-state index in [1.807, 2.05) is 13.0 Å². The number of amidine groups is 1. The molecule has 21 heavy (non-hydrogen) atoms. The van der Waals surface area contributed by atoms with Crippen LogP contribution in [-0.4, -0.2) is 29.7 Å². The van der Waals surface area contributed by atoms with Crippen LogP contribution in [0.1, 0.15) is 36.8 Å². The van der Waals surface area contributed by atoms with Crippen LogP contribution < -0.4 is 11.1 Å². The van der Waals surface area contributed by atoms with Crippen LogP contribution >= 0.6 is 0 Å². The molecule has 1 aliphatic heterocycles. The molecule has 114 valence electrons. The third kappa shape index (κ3) is 4.19. The summed E-state index contributed by atoms with van der Waals surface area (Å²) >= 11 is 0. The average molecular weight is 291 g/mol. The molecule has 1 aliphatic rings. The van der Waals surface area contributed by atoms with Crippen LogP contribution in [-0.2, 0) is 9.53 Å². The number of amides is 1. The fraction of sp³-hybridized carbons (Fsp3) is 0.467. The summed E-state index contributed by atoms with van der Waals surface area (Å²) in [5.74, 6) is -0.0323. The van der Waals surface area contributed by atoms with E-state index in [1.54, 1.807) is 12.1 Å². The topological polar surface area (TPSA) is 96.9 Å². The maximum atomic E-state index is 12.0. The Morgan fingerprint density at radius 1 is 1.57 bits per heavy atom. The number of rotatable bonds is 5. The van der Waals surface area contributed by atoms with Gasteiger partial charge in [-0.05, 0) is 37.8 Å². The number of hydrogen-bond acceptors (Lipinski definition) is 4. The zero-order valence-electron chi connectivity index (χ0n) is 12.1. The summed E-state index contributed by atoms with van der Waals surface area (Å²) in [6.45, 7) is 2.69. The highest BCUT2D eigenvalue weighted by Crippen LogP contribution is 2.19. The first-order valence-electron chi connectivity index (χ1n) is 7.10. The lowest BCUT2D eigenvalue weighted by molar-refractivity contribution is -0.116. The van der Waals surface area contributed by atoms with Crippen molar-refractivity contribution in [3.63, 3.8) is 0 Å². The molecule has 6 nitrogen and oxygen atoms in total. The largest absolute Gasteiger partial charge is 0.409 e. The fourth-order valence-corrected chi connectivity index (χ4v) is 2.35. The van der Waals surface area contributed by atoms with Crippen LogP contribution in [0.25, 0.3) is 0 Å². The highest BCUT2D eigenvalue weighted by atomic mass is 16.5. The number of benzene rings is 1. The quantitative estimate of drug-likeness (QED) is 0.334. The van der Waals surface area contributed by atoms with Crippen LogP contribution in [0.2, 0.25) is 0 Å². The predicted molar refractivity (Wildman–Crippen MR) is 80.5 cm³/mol. The normalized spacial score (nSPS) is 18.7. The number of hydrogen-bond donors (Lipinski definition) is 3. The Labute approximate surface area is 124 Å². The molecule has 0 aliphatic carbocycles. The van der Waals surface area contributed by atoms with Crippen molar-refractivity contribution in [1.29, 1.82) is 0 Å². The maximum absolute atomic E-state index is 12.0. The molecular weight excluding hydrogens is 270 g/mol. The third-order valence-corrected chi connectivity index (χ3v) is 3.63. The number of ether oxygens (including phenoxy) is 1. The zero-order chi connectivity index (χ0) is 15.2. The van der Waals surface area contributed by atoms with E-state index in [0.717, 1.165) is 31.4 Å². The first kappa shape index (κ1) is 15.3. The van der Waals surface area contributed by atoms with Crippen molar-refractivity contribution in [2.45, 2.75) is 38.7 Å². The standard InChI is InChI=1S/C15H21N3O3/c1-10-4-5-11(15(16)18-20)9-13(10)17-14(19)7-6-12-3-2-8-21-12/h4-5,9,12,20H,2-3,6-8H2,1H3,(H2,16,18)(H,17,19). The van der Waals surface area contributed by atoms with Crippen molar-refractivity contribution in [2.75, 3.05) is 11.9 Å². The van der Waals surface area contributed by atoms with Gasteiger partial charge in [0, 0.05) is 24.3 Å². The van der Waals surface area contributed by atoms with Crippen LogP contribution in [0.4, 0.5) is 5.69 Å². The van der Waals surface area contributed by atoms with Gasteiger partial charge in [0.05, 0.1) is 6.10 Å². The van der Waals surface area contributed by atoms with Crippen molar-refractivity contribution in [1.82, 2.24) is 0 Å². The molecule has 1 saturated heterocycles. The molecule has 0 bridgehead atoms. The highest BCUT2D eigenvalue weighted by molar-refractivity contribution is 5.99. The minimum absolute atomic E-state index is 0.0184. The summed E-state index contributed by atoms with van der Waals surface area (Å²) < 4.78 is 5.50. The highest BCUT2D eigenvalue weighted by Gasteiger charge is 2.17. The number of nitrogens with two attached hydrogens (primary N) is 1. The van der Waals surface area contributed by atoms with Gasteiger partial charge in [0.2, 0.25) is 5.91 Å². The Kier molecular flexibility index (Phi) is 5.16. The first-order chi connectivity index (χ1) is 10.1. The van der Waals surface area contributed by atoms with Gasteiger partial charge in [0.25, 0.3) is 0 Å². The molecule has 0 spiro atoms. The van der Waals surface area contributed by atoms with E-state index in [9.17, 15) is 4.79 Å². The molecule has 1 unspecified atom stereocenters. The van der Waals surface area contributed by atoms with Gasteiger partial charge < -0.3 is 21.0 Å². The maximum Gasteiger partial charge on any atom is 0.224 e. The van der Waals surface area contributed by atoms with Crippen molar-refractivity contribution in [3.8, 4) is 0 Å². The predicted octanol–water partition coefficient (Wildman–Crippen LogP) is 1.99. The van der Waals surface area contributed by atoms with E-state index in [2.05, 4.69) is 10.5 Å². The number of oxime groups is 1. The summed E-state index contributed by atoms with van der Waals surface area (Å²) in [5.41, 5.74) is 7.73. The van der Waals surface area contributed by atoms with Gasteiger partial charge in [-0.15, -0.1) is 0 Å². The van der Waals surface area contributed by atoms with E-state index >= 15 is 0 Å². The Morgan fingerprint density at radius 2 is 2.38 bits per heavy atom. The van der Waals surface area contributed by atoms with Gasteiger partial charge in [-0.3, -0.25) is 4.79 Å². The smallest absolute Gasteiger partial charge is 0.224 e. The number of carbonyl (C=O) groups excluding carboxylic acids is 1. The van der Waals surface area contributed by atoms with Crippen LogP contribution in [0.5, 0.6) is 0 Å². The molecular formula is C15H21N3O3. The molecule has 0 radical (unpaired) electrons. The van der Waals surface area contributed by atoms with Crippen LogP contribution in [0.15, 0.2) is 23.4 Å². The van der Waals surface area contributed by atoms with Gasteiger partial charge in [0.15, 0.2) is 5.84 Å². The molecule has 0 saturated carbocycles. The van der Waals surface area contributed by atoms with Gasteiger partial charge in [-0.25, -0.2) is 0 Å². The second-order valence-corrected chi connectivity index (χ2v) is 5.24. The van der Waals surface area contributed by atoms with Crippen molar-refractivity contribution in [2.24, 2.45) is 10.9 Å². The molecule has 1 aromatic carbocycles. The van der Waals surface area contributed by atoms with Gasteiger partial charge in [-0.1, -0.05) is 17.3 Å². The van der Waals surface area contributed by atoms with Crippen LogP contribution in [0, 0.1) is 6.92 Å². The molecule has 4 N–H and O–H groups in total. The Bertz CT molecular complexity index is 537. The fourth-order valence-electron chi connectivity index (χ4n) is 2.35. The molecule has 2 rings (SSSR count). The van der Waals surface area contributed by atoms with Crippen molar-refractivity contribution in [3.05, 3.63) is 29.3 Å². The number of carbonyl (C=O) groups is 1. The minimum atomic E-state index is -0.0507. The number of anilines is 1. The Morgan fingerprint density at radius 3 is 3.05 bits per heavy atom. The molecule has 6 heteroatoms. The van der Waals surface area contributed by atoms with E-state index in [1.165, 1.54) is 0 Å². The summed E-state index contributed by atoms with van der Waals surface area (Å²) in [6, 6.07) is 5.27. The van der Waals surface area contributed by atoms with Gasteiger partial charge in [-0.2, -0.15) is 0 Å². The third-order valence-electron chi connectivity index (χ3n) is 3.63. The first-order valence-corrected chi connectivity index (χ1v) is 7.10. The summed E-state index contributed by atoms with van der Waals surface area (Å²) in [5, 5.41) is 14.5. The minimum Gasteiger partial charge on any atom is -0.409 e. The van der Waals surface area contributed by atoms with E-state index in [0.29, 0.717) is 17.7 Å². The van der Waals surface area contributed by atoms with E-state index in [-0.39, 0.29) is 17.8 Å². The van der Waals surface area contributed by atoms with E-state index in [4.69, 9.17) is 15.7 Å². The monoisotopic (exact) mass is 291 g/mol. The Hall–Kier alpha value is -2.08. The second-order valence-electron chi connectivity index (χ2n) is 5.24. The SMILES string of the molecule is Cc1ccc(C(N)=NO)cc1NC(=O)CCC1CCCO1. The molecule has 1 amide bonds. The van der Waals surface area contributed by atoms with E-state index < -0.39 is 0 Å². The number of nitrogens with one attached hydrogen (secondary N) is 1.